The van der Waals surface area contributed by atoms with E-state index in [1.54, 1.807) is 18.4 Å². The predicted molar refractivity (Wildman–Crippen MR) is 76.8 cm³/mol. The zero-order valence-electron chi connectivity index (χ0n) is 8.98. The van der Waals surface area contributed by atoms with Gasteiger partial charge >= 0.3 is 0 Å². The number of hydrogen-bond donors (Lipinski definition) is 1. The van der Waals surface area contributed by atoms with Gasteiger partial charge in [0.2, 0.25) is 0 Å². The molecule has 0 spiro atoms. The van der Waals surface area contributed by atoms with Crippen molar-refractivity contribution in [2.24, 2.45) is 0 Å². The Labute approximate surface area is 121 Å². The van der Waals surface area contributed by atoms with Gasteiger partial charge in [-0.15, -0.1) is 0 Å². The average Bonchev–Trinajstić information content (AvgIpc) is 2.75. The summed E-state index contributed by atoms with van der Waals surface area (Å²) in [5.74, 6) is 0.730. The van der Waals surface area contributed by atoms with E-state index in [4.69, 9.17) is 4.74 Å². The van der Waals surface area contributed by atoms with Crippen LogP contribution in [0.4, 0.5) is 0 Å². The highest BCUT2D eigenvalue weighted by molar-refractivity contribution is 9.10. The second-order valence-electron chi connectivity index (χ2n) is 3.47. The molecule has 0 amide bonds. The number of halogens is 2. The van der Waals surface area contributed by atoms with Crippen LogP contribution >= 0.6 is 43.2 Å². The Bertz CT molecular complexity index is 525. The van der Waals surface area contributed by atoms with E-state index in [2.05, 4.69) is 31.9 Å². The first-order valence-electron chi connectivity index (χ1n) is 4.86. The summed E-state index contributed by atoms with van der Waals surface area (Å²) in [6.45, 7) is 0. The lowest BCUT2D eigenvalue weighted by molar-refractivity contribution is 0.219. The third-order valence-corrected chi connectivity index (χ3v) is 4.91. The Hall–Kier alpha value is -0.360. The number of ether oxygens (including phenoxy) is 1. The van der Waals surface area contributed by atoms with Crippen molar-refractivity contribution in [2.45, 2.75) is 6.10 Å². The molecule has 0 bridgehead atoms. The fourth-order valence-corrected chi connectivity index (χ4v) is 3.51. The summed E-state index contributed by atoms with van der Waals surface area (Å²) in [5.41, 5.74) is 1.66. The van der Waals surface area contributed by atoms with Gasteiger partial charge in [0.1, 0.15) is 11.9 Å². The van der Waals surface area contributed by atoms with Crippen LogP contribution in [0, 0.1) is 0 Å². The first-order valence-corrected chi connectivity index (χ1v) is 7.39. The first kappa shape index (κ1) is 13.1. The molecule has 0 radical (unpaired) electrons. The van der Waals surface area contributed by atoms with Crippen LogP contribution in [-0.2, 0) is 0 Å². The van der Waals surface area contributed by atoms with Gasteiger partial charge in [-0.25, -0.2) is 0 Å². The highest BCUT2D eigenvalue weighted by Gasteiger charge is 2.17. The van der Waals surface area contributed by atoms with Crippen LogP contribution in [-0.4, -0.2) is 12.2 Å². The molecule has 1 aromatic carbocycles. The monoisotopic (exact) mass is 376 g/mol. The van der Waals surface area contributed by atoms with E-state index in [0.717, 1.165) is 25.8 Å². The number of aliphatic hydroxyl groups is 1. The number of aliphatic hydroxyl groups excluding tert-OH is 1. The second-order valence-corrected chi connectivity index (χ2v) is 5.92. The number of methoxy groups -OCH3 is 1. The van der Waals surface area contributed by atoms with Crippen molar-refractivity contribution in [3.05, 3.63) is 49.0 Å². The Morgan fingerprint density at radius 3 is 2.53 bits per heavy atom. The number of benzene rings is 1. The van der Waals surface area contributed by atoms with Crippen LogP contribution in [0.3, 0.4) is 0 Å². The lowest BCUT2D eigenvalue weighted by Crippen LogP contribution is -2.00. The van der Waals surface area contributed by atoms with E-state index in [9.17, 15) is 5.11 Å². The summed E-state index contributed by atoms with van der Waals surface area (Å²) in [6.07, 6.45) is -0.667. The molecule has 1 unspecified atom stereocenters. The fraction of sp³-hybridized carbons (Fsp3) is 0.167. The maximum absolute atomic E-state index is 10.4. The highest BCUT2D eigenvalue weighted by Crippen LogP contribution is 2.36. The average molecular weight is 378 g/mol. The second kappa shape index (κ2) is 5.52. The molecule has 0 saturated heterocycles. The fourth-order valence-electron chi connectivity index (χ4n) is 1.51. The topological polar surface area (TPSA) is 29.5 Å². The van der Waals surface area contributed by atoms with Crippen LogP contribution in [0.25, 0.3) is 0 Å². The molecule has 1 heterocycles. The molecule has 2 nitrogen and oxygen atoms in total. The van der Waals surface area contributed by atoms with Crippen molar-refractivity contribution < 1.29 is 9.84 Å². The van der Waals surface area contributed by atoms with Gasteiger partial charge in [-0.05, 0) is 39.5 Å². The Morgan fingerprint density at radius 2 is 1.94 bits per heavy atom. The third kappa shape index (κ3) is 2.73. The lowest BCUT2D eigenvalue weighted by Gasteiger charge is -2.13. The molecule has 0 aliphatic heterocycles. The molecule has 1 aromatic heterocycles. The minimum atomic E-state index is -0.667. The van der Waals surface area contributed by atoms with Crippen molar-refractivity contribution >= 4 is 43.2 Å². The first-order chi connectivity index (χ1) is 8.13. The summed E-state index contributed by atoms with van der Waals surface area (Å²) in [4.78, 5) is 0. The van der Waals surface area contributed by atoms with Gasteiger partial charge < -0.3 is 9.84 Å². The molecule has 0 fully saturated rings. The molecule has 0 aliphatic carbocycles. The van der Waals surface area contributed by atoms with E-state index in [0.29, 0.717) is 0 Å². The van der Waals surface area contributed by atoms with E-state index < -0.39 is 6.10 Å². The van der Waals surface area contributed by atoms with E-state index in [1.807, 2.05) is 29.0 Å². The van der Waals surface area contributed by atoms with E-state index >= 15 is 0 Å². The Kier molecular flexibility index (Phi) is 4.25. The van der Waals surface area contributed by atoms with Crippen molar-refractivity contribution in [2.75, 3.05) is 7.11 Å². The zero-order chi connectivity index (χ0) is 12.4. The van der Waals surface area contributed by atoms with Gasteiger partial charge in [-0.2, -0.15) is 11.3 Å². The lowest BCUT2D eigenvalue weighted by atomic mass is 10.0. The van der Waals surface area contributed by atoms with Crippen LogP contribution in [0.2, 0.25) is 0 Å². The predicted octanol–water partition coefficient (Wildman–Crippen LogP) is 4.36. The minimum Gasteiger partial charge on any atom is -0.497 e. The van der Waals surface area contributed by atoms with Crippen molar-refractivity contribution in [3.63, 3.8) is 0 Å². The van der Waals surface area contributed by atoms with Gasteiger partial charge in [-0.3, -0.25) is 0 Å². The molecule has 0 aliphatic rings. The standard InChI is InChI=1S/C12H10Br2O2S/c1-16-7-2-3-10(13)8(4-7)12(15)9-5-17-6-11(9)14/h2-6,12,15H,1H3. The van der Waals surface area contributed by atoms with Gasteiger partial charge in [0, 0.05) is 25.5 Å². The maximum Gasteiger partial charge on any atom is 0.119 e. The van der Waals surface area contributed by atoms with Crippen molar-refractivity contribution in [3.8, 4) is 5.75 Å². The summed E-state index contributed by atoms with van der Waals surface area (Å²) >= 11 is 8.42. The summed E-state index contributed by atoms with van der Waals surface area (Å²) in [7, 11) is 1.61. The van der Waals surface area contributed by atoms with Crippen molar-refractivity contribution in [1.29, 1.82) is 0 Å². The molecule has 1 atom stereocenters. The molecule has 90 valence electrons. The van der Waals surface area contributed by atoms with E-state index in [1.165, 1.54) is 0 Å². The highest BCUT2D eigenvalue weighted by atomic mass is 79.9. The Morgan fingerprint density at radius 1 is 1.18 bits per heavy atom. The van der Waals surface area contributed by atoms with Gasteiger partial charge in [0.25, 0.3) is 0 Å². The Balaban J connectivity index is 2.43. The summed E-state index contributed by atoms with van der Waals surface area (Å²) in [5, 5.41) is 14.2. The smallest absolute Gasteiger partial charge is 0.119 e. The third-order valence-electron chi connectivity index (χ3n) is 2.43. The van der Waals surface area contributed by atoms with Crippen LogP contribution in [0.5, 0.6) is 5.75 Å². The number of hydrogen-bond acceptors (Lipinski definition) is 3. The van der Waals surface area contributed by atoms with Gasteiger partial charge in [-0.1, -0.05) is 15.9 Å². The molecule has 2 rings (SSSR count). The SMILES string of the molecule is COc1ccc(Br)c(C(O)c2cscc2Br)c1. The summed E-state index contributed by atoms with van der Waals surface area (Å²) < 4.78 is 6.95. The minimum absolute atomic E-state index is 0.667. The van der Waals surface area contributed by atoms with Crippen molar-refractivity contribution in [1.82, 2.24) is 0 Å². The van der Waals surface area contributed by atoms with Crippen LogP contribution in [0.15, 0.2) is 37.9 Å². The van der Waals surface area contributed by atoms with Gasteiger partial charge in [0.05, 0.1) is 7.11 Å². The molecule has 0 saturated carbocycles. The molecule has 17 heavy (non-hydrogen) atoms. The number of thiophene rings is 1. The van der Waals surface area contributed by atoms with Gasteiger partial charge in [0.15, 0.2) is 0 Å². The molecule has 5 heteroatoms. The molecule has 1 N–H and O–H groups in total. The summed E-state index contributed by atoms with van der Waals surface area (Å²) in [6, 6.07) is 5.56. The maximum atomic E-state index is 10.4. The number of rotatable bonds is 3. The normalized spacial score (nSPS) is 12.5. The molecule has 2 aromatic rings. The van der Waals surface area contributed by atoms with Crippen LogP contribution < -0.4 is 4.74 Å². The quantitative estimate of drug-likeness (QED) is 0.860. The van der Waals surface area contributed by atoms with Crippen LogP contribution in [0.1, 0.15) is 17.2 Å². The van der Waals surface area contributed by atoms with E-state index in [-0.39, 0.29) is 0 Å². The molecular formula is C12H10Br2O2S. The molecular weight excluding hydrogens is 368 g/mol. The zero-order valence-corrected chi connectivity index (χ0v) is 13.0. The largest absolute Gasteiger partial charge is 0.497 e.